The van der Waals surface area contributed by atoms with E-state index in [1.54, 1.807) is 0 Å². The first-order valence-electron chi connectivity index (χ1n) is 11.7. The second kappa shape index (κ2) is 17.1. The Morgan fingerprint density at radius 3 is 2.14 bits per heavy atom. The lowest BCUT2D eigenvalue weighted by Crippen LogP contribution is -2.16. The van der Waals surface area contributed by atoms with Crippen molar-refractivity contribution >= 4 is 13.6 Å². The molecular formula is C23H43O5P. The highest BCUT2D eigenvalue weighted by Crippen LogP contribution is 2.53. The molecule has 1 fully saturated rings. The van der Waals surface area contributed by atoms with Crippen molar-refractivity contribution in [1.29, 1.82) is 0 Å². The van der Waals surface area contributed by atoms with E-state index in [-0.39, 0.29) is 18.5 Å². The highest BCUT2D eigenvalue weighted by molar-refractivity contribution is 7.54. The van der Waals surface area contributed by atoms with E-state index in [2.05, 4.69) is 19.1 Å². The van der Waals surface area contributed by atoms with Crippen molar-refractivity contribution in [2.24, 2.45) is 5.92 Å². The number of hydrogen-bond acceptors (Lipinski definition) is 5. The summed E-state index contributed by atoms with van der Waals surface area (Å²) >= 11 is 0. The summed E-state index contributed by atoms with van der Waals surface area (Å²) in [7, 11) is -1.53. The van der Waals surface area contributed by atoms with Crippen LogP contribution in [0.3, 0.4) is 0 Å². The zero-order chi connectivity index (χ0) is 21.2. The molecule has 0 amide bonds. The minimum Gasteiger partial charge on any atom is -0.465 e. The Hall–Kier alpha value is -0.640. The number of ether oxygens (including phenoxy) is 1. The Balaban J connectivity index is 1.84. The normalized spacial score (nSPS) is 21.8. The fourth-order valence-electron chi connectivity index (χ4n) is 3.49. The summed E-state index contributed by atoms with van der Waals surface area (Å²) in [5.74, 6) is -0.180. The van der Waals surface area contributed by atoms with Gasteiger partial charge in [0.2, 0.25) is 0 Å². The first-order chi connectivity index (χ1) is 14.1. The molecule has 0 radical (unpaired) electrons. The zero-order valence-corrected chi connectivity index (χ0v) is 19.6. The molecule has 170 valence electrons. The summed E-state index contributed by atoms with van der Waals surface area (Å²) in [4.78, 5) is 11.8. The molecule has 0 spiro atoms. The Kier molecular flexibility index (Phi) is 15.5. The Morgan fingerprint density at radius 1 is 0.966 bits per heavy atom. The van der Waals surface area contributed by atoms with E-state index in [0.717, 1.165) is 12.8 Å². The van der Waals surface area contributed by atoms with Gasteiger partial charge in [-0.15, -0.1) is 0 Å². The van der Waals surface area contributed by atoms with Crippen molar-refractivity contribution in [2.45, 2.75) is 96.8 Å². The van der Waals surface area contributed by atoms with Gasteiger partial charge in [0.25, 0.3) is 0 Å². The molecule has 2 atom stereocenters. The molecule has 1 heterocycles. The van der Waals surface area contributed by atoms with Gasteiger partial charge in [-0.05, 0) is 32.1 Å². The molecule has 1 saturated heterocycles. The van der Waals surface area contributed by atoms with Crippen LogP contribution in [0, 0.1) is 5.92 Å². The molecule has 5 nitrogen and oxygen atoms in total. The summed E-state index contributed by atoms with van der Waals surface area (Å²) in [5, 5.41) is 0. The van der Waals surface area contributed by atoms with Crippen molar-refractivity contribution in [2.75, 3.05) is 26.5 Å². The van der Waals surface area contributed by atoms with Crippen molar-refractivity contribution < 1.29 is 23.1 Å². The number of carbonyl (C=O) groups excluding carboxylic acids is 1. The smallest absolute Gasteiger partial charge is 0.330 e. The lowest BCUT2D eigenvalue weighted by Gasteiger charge is -2.09. The molecule has 1 aliphatic heterocycles. The predicted octanol–water partition coefficient (Wildman–Crippen LogP) is 7.05. The van der Waals surface area contributed by atoms with Crippen molar-refractivity contribution in [3.8, 4) is 0 Å². The molecule has 6 heteroatoms. The Bertz CT molecular complexity index is 492. The van der Waals surface area contributed by atoms with Crippen molar-refractivity contribution in [3.63, 3.8) is 0 Å². The molecule has 0 bridgehead atoms. The third-order valence-electron chi connectivity index (χ3n) is 5.39. The summed E-state index contributed by atoms with van der Waals surface area (Å²) in [6.45, 7) is 2.87. The van der Waals surface area contributed by atoms with E-state index in [1.165, 1.54) is 77.7 Å². The van der Waals surface area contributed by atoms with Gasteiger partial charge in [-0.25, -0.2) is 0 Å². The van der Waals surface area contributed by atoms with Gasteiger partial charge in [0.05, 0.1) is 19.4 Å². The highest BCUT2D eigenvalue weighted by Gasteiger charge is 2.36. The molecule has 0 aliphatic carbocycles. The van der Waals surface area contributed by atoms with Gasteiger partial charge in [-0.2, -0.15) is 0 Å². The standard InChI is InChI=1S/C23H43O5P/c1-3-4-5-6-7-8-9-10-11-12-13-14-15-16-17-18-23(24)27-19-22-20-28-29(25,21-22)26-2/h10-11,22H,3-9,12-21H2,1-2H3/b11-10-. The number of allylic oxidation sites excluding steroid dienone is 2. The average molecular weight is 431 g/mol. The minimum absolute atomic E-state index is 0.0150. The third kappa shape index (κ3) is 14.1. The highest BCUT2D eigenvalue weighted by atomic mass is 31.2. The number of hydrogen-bond donors (Lipinski definition) is 0. The van der Waals surface area contributed by atoms with Gasteiger partial charge in [-0.1, -0.05) is 70.4 Å². The number of rotatable bonds is 18. The summed E-state index contributed by atoms with van der Waals surface area (Å²) in [6.07, 6.45) is 21.6. The Morgan fingerprint density at radius 2 is 1.55 bits per heavy atom. The second-order valence-corrected chi connectivity index (χ2v) is 10.4. The number of esters is 1. The first kappa shape index (κ1) is 26.4. The third-order valence-corrected chi connectivity index (χ3v) is 7.45. The van der Waals surface area contributed by atoms with Gasteiger partial charge < -0.3 is 13.8 Å². The quantitative estimate of drug-likeness (QED) is 0.101. The van der Waals surface area contributed by atoms with Crippen LogP contribution in [-0.2, 0) is 23.1 Å². The van der Waals surface area contributed by atoms with Crippen LogP contribution in [0.15, 0.2) is 12.2 Å². The molecule has 1 aliphatic rings. The maximum absolute atomic E-state index is 11.9. The van der Waals surface area contributed by atoms with Crippen LogP contribution < -0.4 is 0 Å². The fraction of sp³-hybridized carbons (Fsp3) is 0.870. The van der Waals surface area contributed by atoms with Crippen molar-refractivity contribution in [3.05, 3.63) is 12.2 Å². The van der Waals surface area contributed by atoms with Crippen LogP contribution in [0.2, 0.25) is 0 Å². The largest absolute Gasteiger partial charge is 0.465 e. The van der Waals surface area contributed by atoms with Gasteiger partial charge >= 0.3 is 13.6 Å². The van der Waals surface area contributed by atoms with Crippen molar-refractivity contribution in [1.82, 2.24) is 0 Å². The predicted molar refractivity (Wildman–Crippen MR) is 119 cm³/mol. The van der Waals surface area contributed by atoms with Crippen LogP contribution in [-0.4, -0.2) is 32.5 Å². The molecule has 0 aromatic rings. The first-order valence-corrected chi connectivity index (χ1v) is 13.4. The summed E-state index contributed by atoms with van der Waals surface area (Å²) < 4.78 is 27.2. The van der Waals surface area contributed by atoms with E-state index in [1.807, 2.05) is 0 Å². The molecule has 0 aromatic heterocycles. The maximum Gasteiger partial charge on any atom is 0.330 e. The molecule has 2 unspecified atom stereocenters. The van der Waals surface area contributed by atoms with E-state index in [9.17, 15) is 9.36 Å². The number of unbranched alkanes of at least 4 members (excludes halogenated alkanes) is 11. The summed E-state index contributed by atoms with van der Waals surface area (Å²) in [6, 6.07) is 0. The fourth-order valence-corrected chi connectivity index (χ4v) is 5.13. The lowest BCUT2D eigenvalue weighted by molar-refractivity contribution is -0.145. The second-order valence-electron chi connectivity index (χ2n) is 8.16. The zero-order valence-electron chi connectivity index (χ0n) is 18.7. The average Bonchev–Trinajstić information content (AvgIpc) is 3.11. The van der Waals surface area contributed by atoms with Crippen LogP contribution in [0.1, 0.15) is 96.8 Å². The molecule has 29 heavy (non-hydrogen) atoms. The van der Waals surface area contributed by atoms with Gasteiger partial charge in [0.1, 0.15) is 0 Å². The van der Waals surface area contributed by atoms with E-state index in [0.29, 0.717) is 19.2 Å². The molecule has 1 rings (SSSR count). The topological polar surface area (TPSA) is 61.8 Å². The van der Waals surface area contributed by atoms with Gasteiger partial charge in [0.15, 0.2) is 0 Å². The Labute approximate surface area is 178 Å². The molecule has 0 saturated carbocycles. The van der Waals surface area contributed by atoms with E-state index in [4.69, 9.17) is 13.8 Å². The maximum atomic E-state index is 11.9. The van der Waals surface area contributed by atoms with Crippen LogP contribution in [0.4, 0.5) is 0 Å². The van der Waals surface area contributed by atoms with Gasteiger partial charge in [-0.3, -0.25) is 9.36 Å². The van der Waals surface area contributed by atoms with Crippen LogP contribution >= 0.6 is 7.60 Å². The van der Waals surface area contributed by atoms with Gasteiger partial charge in [0, 0.05) is 19.4 Å². The van der Waals surface area contributed by atoms with E-state index < -0.39 is 7.60 Å². The summed E-state index contributed by atoms with van der Waals surface area (Å²) in [5.41, 5.74) is 0. The molecule has 0 aromatic carbocycles. The molecular weight excluding hydrogens is 387 g/mol. The molecule has 0 N–H and O–H groups in total. The number of carbonyl (C=O) groups is 1. The van der Waals surface area contributed by atoms with Crippen LogP contribution in [0.5, 0.6) is 0 Å². The van der Waals surface area contributed by atoms with Crippen LogP contribution in [0.25, 0.3) is 0 Å². The SMILES string of the molecule is CCCCCCCC/C=C\CCCCCCCC(=O)OCC1COP(=O)(OC)C1. The van der Waals surface area contributed by atoms with E-state index >= 15 is 0 Å². The minimum atomic E-state index is -2.92. The lowest BCUT2D eigenvalue weighted by atomic mass is 10.1. The monoisotopic (exact) mass is 430 g/mol.